The first-order valence-corrected chi connectivity index (χ1v) is 6.48. The van der Waals surface area contributed by atoms with E-state index < -0.39 is 0 Å². The molecular formula is C13H9ClN2S. The topological polar surface area (TPSA) is 25.8 Å². The number of rotatable bonds is 1. The van der Waals surface area contributed by atoms with E-state index in [0.717, 1.165) is 21.3 Å². The van der Waals surface area contributed by atoms with Gasteiger partial charge in [0.25, 0.3) is 0 Å². The molecule has 0 amide bonds. The van der Waals surface area contributed by atoms with Crippen LogP contribution in [-0.2, 0) is 0 Å². The molecule has 0 aliphatic rings. The summed E-state index contributed by atoms with van der Waals surface area (Å²) in [6, 6.07) is 9.95. The number of hydrogen-bond acceptors (Lipinski definition) is 3. The van der Waals surface area contributed by atoms with Crippen molar-refractivity contribution in [2.45, 2.75) is 6.92 Å². The zero-order chi connectivity index (χ0) is 11.8. The van der Waals surface area contributed by atoms with Gasteiger partial charge in [0.15, 0.2) is 5.82 Å². The van der Waals surface area contributed by atoms with E-state index >= 15 is 0 Å². The van der Waals surface area contributed by atoms with Crippen LogP contribution in [0.5, 0.6) is 0 Å². The number of hydrogen-bond donors (Lipinski definition) is 0. The Morgan fingerprint density at radius 2 is 2.00 bits per heavy atom. The summed E-state index contributed by atoms with van der Waals surface area (Å²) in [5.41, 5.74) is 2.00. The SMILES string of the molecule is Cc1cccc2nc(-c3cccs3)nc(Cl)c12. The first-order valence-electron chi connectivity index (χ1n) is 5.22. The first-order chi connectivity index (χ1) is 8.25. The second-order valence-electron chi connectivity index (χ2n) is 3.78. The molecule has 3 rings (SSSR count). The molecule has 0 saturated heterocycles. The number of thiophene rings is 1. The lowest BCUT2D eigenvalue weighted by Gasteiger charge is -2.05. The molecule has 0 fully saturated rings. The molecule has 1 aromatic carbocycles. The van der Waals surface area contributed by atoms with E-state index in [2.05, 4.69) is 9.97 Å². The molecule has 4 heteroatoms. The van der Waals surface area contributed by atoms with E-state index in [1.807, 2.05) is 42.6 Å². The van der Waals surface area contributed by atoms with Gasteiger partial charge in [0, 0.05) is 5.39 Å². The van der Waals surface area contributed by atoms with Crippen molar-refractivity contribution in [2.75, 3.05) is 0 Å². The predicted octanol–water partition coefficient (Wildman–Crippen LogP) is 4.32. The minimum Gasteiger partial charge on any atom is -0.227 e. The van der Waals surface area contributed by atoms with Gasteiger partial charge in [-0.1, -0.05) is 29.8 Å². The lowest BCUT2D eigenvalue weighted by atomic mass is 10.1. The van der Waals surface area contributed by atoms with E-state index in [4.69, 9.17) is 11.6 Å². The zero-order valence-corrected chi connectivity index (χ0v) is 10.7. The summed E-state index contributed by atoms with van der Waals surface area (Å²) in [7, 11) is 0. The normalized spacial score (nSPS) is 10.9. The zero-order valence-electron chi connectivity index (χ0n) is 9.14. The maximum atomic E-state index is 6.24. The maximum Gasteiger partial charge on any atom is 0.171 e. The minimum atomic E-state index is 0.525. The van der Waals surface area contributed by atoms with Crippen molar-refractivity contribution in [1.29, 1.82) is 0 Å². The van der Waals surface area contributed by atoms with Gasteiger partial charge in [0.1, 0.15) is 5.15 Å². The molecule has 0 aliphatic carbocycles. The molecule has 0 saturated carbocycles. The number of fused-ring (bicyclic) bond motifs is 1. The summed E-state index contributed by atoms with van der Waals surface area (Å²) in [5, 5.41) is 3.47. The van der Waals surface area contributed by atoms with Crippen LogP contribution in [0, 0.1) is 6.92 Å². The van der Waals surface area contributed by atoms with Crippen molar-refractivity contribution in [2.24, 2.45) is 0 Å². The van der Waals surface area contributed by atoms with Gasteiger partial charge in [-0.15, -0.1) is 11.3 Å². The predicted molar refractivity (Wildman–Crippen MR) is 72.6 cm³/mol. The summed E-state index contributed by atoms with van der Waals surface area (Å²) in [4.78, 5) is 9.96. The summed E-state index contributed by atoms with van der Waals surface area (Å²) in [5.74, 6) is 0.697. The van der Waals surface area contributed by atoms with E-state index in [1.54, 1.807) is 11.3 Å². The summed E-state index contributed by atoms with van der Waals surface area (Å²) >= 11 is 7.85. The molecule has 3 aromatic rings. The lowest BCUT2D eigenvalue weighted by molar-refractivity contribution is 1.23. The third kappa shape index (κ3) is 1.81. The van der Waals surface area contributed by atoms with E-state index in [1.165, 1.54) is 0 Å². The number of benzene rings is 1. The van der Waals surface area contributed by atoms with Crippen molar-refractivity contribution < 1.29 is 0 Å². The van der Waals surface area contributed by atoms with E-state index in [9.17, 15) is 0 Å². The molecule has 0 atom stereocenters. The van der Waals surface area contributed by atoms with Crippen LogP contribution in [0.25, 0.3) is 21.6 Å². The van der Waals surface area contributed by atoms with Gasteiger partial charge in [-0.3, -0.25) is 0 Å². The molecule has 0 spiro atoms. The first kappa shape index (κ1) is 10.7. The van der Waals surface area contributed by atoms with Crippen molar-refractivity contribution >= 4 is 33.8 Å². The number of nitrogens with zero attached hydrogens (tertiary/aromatic N) is 2. The molecule has 2 aromatic heterocycles. The van der Waals surface area contributed by atoms with Crippen molar-refractivity contribution in [3.05, 3.63) is 46.4 Å². The Kier molecular flexibility index (Phi) is 2.57. The quantitative estimate of drug-likeness (QED) is 0.609. The minimum absolute atomic E-state index is 0.525. The Labute approximate surface area is 108 Å². The Morgan fingerprint density at radius 1 is 1.12 bits per heavy atom. The summed E-state index contributed by atoms with van der Waals surface area (Å²) < 4.78 is 0. The molecule has 17 heavy (non-hydrogen) atoms. The standard InChI is InChI=1S/C13H9ClN2S/c1-8-4-2-5-9-11(8)12(14)16-13(15-9)10-6-3-7-17-10/h2-7H,1H3. The molecule has 0 unspecified atom stereocenters. The third-order valence-corrected chi connectivity index (χ3v) is 3.77. The van der Waals surface area contributed by atoms with Crippen LogP contribution in [0.4, 0.5) is 0 Å². The average Bonchev–Trinajstić information content (AvgIpc) is 2.81. The highest BCUT2D eigenvalue weighted by molar-refractivity contribution is 7.13. The van der Waals surface area contributed by atoms with Gasteiger partial charge in [-0.25, -0.2) is 9.97 Å². The van der Waals surface area contributed by atoms with Gasteiger partial charge < -0.3 is 0 Å². The van der Waals surface area contributed by atoms with Crippen LogP contribution in [0.15, 0.2) is 35.7 Å². The molecular weight excluding hydrogens is 252 g/mol. The van der Waals surface area contributed by atoms with E-state index in [-0.39, 0.29) is 0 Å². The van der Waals surface area contributed by atoms with Gasteiger partial charge >= 0.3 is 0 Å². The van der Waals surface area contributed by atoms with Crippen LogP contribution in [0.2, 0.25) is 5.15 Å². The number of halogens is 1. The highest BCUT2D eigenvalue weighted by Gasteiger charge is 2.09. The highest BCUT2D eigenvalue weighted by atomic mass is 35.5. The van der Waals surface area contributed by atoms with Crippen LogP contribution in [0.1, 0.15) is 5.56 Å². The Bertz CT molecular complexity index is 677. The fourth-order valence-corrected chi connectivity index (χ4v) is 2.80. The van der Waals surface area contributed by atoms with Crippen molar-refractivity contribution in [1.82, 2.24) is 9.97 Å². The van der Waals surface area contributed by atoms with Gasteiger partial charge in [-0.2, -0.15) is 0 Å². The summed E-state index contributed by atoms with van der Waals surface area (Å²) in [6.45, 7) is 2.02. The molecule has 0 aliphatic heterocycles. The highest BCUT2D eigenvalue weighted by Crippen LogP contribution is 2.28. The number of aromatic nitrogens is 2. The molecule has 84 valence electrons. The van der Waals surface area contributed by atoms with Crippen LogP contribution in [0.3, 0.4) is 0 Å². The molecule has 2 heterocycles. The Hall–Kier alpha value is -1.45. The molecule has 2 nitrogen and oxygen atoms in total. The van der Waals surface area contributed by atoms with Gasteiger partial charge in [0.2, 0.25) is 0 Å². The van der Waals surface area contributed by atoms with Crippen molar-refractivity contribution in [3.8, 4) is 10.7 Å². The summed E-state index contributed by atoms with van der Waals surface area (Å²) in [6.07, 6.45) is 0. The maximum absolute atomic E-state index is 6.24. The van der Waals surface area contributed by atoms with Crippen LogP contribution >= 0.6 is 22.9 Å². The smallest absolute Gasteiger partial charge is 0.171 e. The second-order valence-corrected chi connectivity index (χ2v) is 5.09. The lowest BCUT2D eigenvalue weighted by Crippen LogP contribution is -1.91. The Morgan fingerprint density at radius 3 is 2.76 bits per heavy atom. The van der Waals surface area contributed by atoms with Gasteiger partial charge in [-0.05, 0) is 30.0 Å². The van der Waals surface area contributed by atoms with Crippen LogP contribution in [-0.4, -0.2) is 9.97 Å². The fraction of sp³-hybridized carbons (Fsp3) is 0.0769. The fourth-order valence-electron chi connectivity index (χ4n) is 1.82. The second kappa shape index (κ2) is 4.09. The number of aryl methyl sites for hydroxylation is 1. The molecule has 0 N–H and O–H groups in total. The Balaban J connectivity index is 2.32. The molecule has 0 radical (unpaired) electrons. The van der Waals surface area contributed by atoms with E-state index in [0.29, 0.717) is 11.0 Å². The third-order valence-electron chi connectivity index (χ3n) is 2.63. The largest absolute Gasteiger partial charge is 0.227 e. The van der Waals surface area contributed by atoms with Crippen LogP contribution < -0.4 is 0 Å². The average molecular weight is 261 g/mol. The molecule has 0 bridgehead atoms. The van der Waals surface area contributed by atoms with Gasteiger partial charge in [0.05, 0.1) is 10.4 Å². The van der Waals surface area contributed by atoms with Crippen molar-refractivity contribution in [3.63, 3.8) is 0 Å². The monoisotopic (exact) mass is 260 g/mol.